The van der Waals surface area contributed by atoms with Crippen LogP contribution in [0.5, 0.6) is 5.75 Å². The highest BCUT2D eigenvalue weighted by Gasteiger charge is 2.25. The maximum Gasteiger partial charge on any atom is 0.127 e. The molecule has 1 heterocycles. The highest BCUT2D eigenvalue weighted by Crippen LogP contribution is 2.38. The van der Waals surface area contributed by atoms with E-state index in [-0.39, 0.29) is 0 Å². The fourth-order valence-corrected chi connectivity index (χ4v) is 2.14. The van der Waals surface area contributed by atoms with Crippen molar-refractivity contribution in [2.45, 2.75) is 32.7 Å². The third kappa shape index (κ3) is 1.86. The highest BCUT2D eigenvalue weighted by atomic mass is 16.5. The summed E-state index contributed by atoms with van der Waals surface area (Å²) in [6.45, 7) is 8.30. The maximum absolute atomic E-state index is 5.79. The van der Waals surface area contributed by atoms with Crippen molar-refractivity contribution in [3.8, 4) is 5.75 Å². The summed E-state index contributed by atoms with van der Waals surface area (Å²) < 4.78 is 5.79. The van der Waals surface area contributed by atoms with Crippen molar-refractivity contribution < 1.29 is 4.74 Å². The van der Waals surface area contributed by atoms with E-state index in [1.807, 2.05) is 0 Å². The summed E-state index contributed by atoms with van der Waals surface area (Å²) in [5, 5.41) is 3.44. The van der Waals surface area contributed by atoms with Gasteiger partial charge in [-0.2, -0.15) is 0 Å². The lowest BCUT2D eigenvalue weighted by molar-refractivity contribution is 0.310. The molecule has 0 radical (unpaired) electrons. The number of nitrogens with one attached hydrogen (secondary N) is 1. The number of fused-ring (bicyclic) bond motifs is 1. The van der Waals surface area contributed by atoms with E-state index < -0.39 is 0 Å². The zero-order chi connectivity index (χ0) is 10.8. The minimum atomic E-state index is 0.378. The molecular formula is C13H19NO. The normalized spacial score (nSPS) is 19.1. The van der Waals surface area contributed by atoms with Crippen molar-refractivity contribution in [3.63, 3.8) is 0 Å². The summed E-state index contributed by atoms with van der Waals surface area (Å²) in [4.78, 5) is 0. The van der Waals surface area contributed by atoms with E-state index in [0.29, 0.717) is 12.0 Å². The van der Waals surface area contributed by atoms with Crippen molar-refractivity contribution in [2.75, 3.05) is 13.2 Å². The van der Waals surface area contributed by atoms with E-state index in [9.17, 15) is 0 Å². The SMILES string of the molecule is CCNC1COc2c(C(C)C)cccc21. The van der Waals surface area contributed by atoms with Crippen LogP contribution in [0, 0.1) is 0 Å². The fraction of sp³-hybridized carbons (Fsp3) is 0.538. The monoisotopic (exact) mass is 205 g/mol. The molecule has 2 heteroatoms. The first-order valence-corrected chi connectivity index (χ1v) is 5.73. The molecule has 1 aromatic rings. The van der Waals surface area contributed by atoms with Crippen LogP contribution in [0.2, 0.25) is 0 Å². The molecule has 0 spiro atoms. The molecule has 0 aliphatic carbocycles. The van der Waals surface area contributed by atoms with Crippen LogP contribution in [-0.2, 0) is 0 Å². The summed E-state index contributed by atoms with van der Waals surface area (Å²) in [6, 6.07) is 6.84. The molecule has 1 unspecified atom stereocenters. The van der Waals surface area contributed by atoms with Crippen molar-refractivity contribution >= 4 is 0 Å². The predicted molar refractivity (Wildman–Crippen MR) is 62.4 cm³/mol. The number of likely N-dealkylation sites (N-methyl/N-ethyl adjacent to an activating group) is 1. The maximum atomic E-state index is 5.79. The summed E-state index contributed by atoms with van der Waals surface area (Å²) in [5.74, 6) is 1.64. The van der Waals surface area contributed by atoms with Gasteiger partial charge >= 0.3 is 0 Å². The van der Waals surface area contributed by atoms with Crippen LogP contribution in [0.3, 0.4) is 0 Å². The lowest BCUT2D eigenvalue weighted by atomic mass is 9.98. The fourth-order valence-electron chi connectivity index (χ4n) is 2.14. The number of hydrogen-bond donors (Lipinski definition) is 1. The molecule has 0 aromatic heterocycles. The molecule has 0 fully saturated rings. The Morgan fingerprint density at radius 3 is 2.93 bits per heavy atom. The zero-order valence-electron chi connectivity index (χ0n) is 9.71. The Morgan fingerprint density at radius 2 is 2.27 bits per heavy atom. The highest BCUT2D eigenvalue weighted by molar-refractivity contribution is 5.47. The molecule has 1 atom stereocenters. The molecule has 2 rings (SSSR count). The van der Waals surface area contributed by atoms with Gasteiger partial charge in [-0.1, -0.05) is 39.0 Å². The van der Waals surface area contributed by atoms with Crippen LogP contribution < -0.4 is 10.1 Å². The van der Waals surface area contributed by atoms with Crippen molar-refractivity contribution in [1.29, 1.82) is 0 Å². The van der Waals surface area contributed by atoms with E-state index in [0.717, 1.165) is 18.9 Å². The van der Waals surface area contributed by atoms with Gasteiger partial charge in [0.1, 0.15) is 12.4 Å². The van der Waals surface area contributed by atoms with Gasteiger partial charge in [0.2, 0.25) is 0 Å². The minimum absolute atomic E-state index is 0.378. The number of para-hydroxylation sites is 1. The third-order valence-electron chi connectivity index (χ3n) is 2.92. The van der Waals surface area contributed by atoms with Crippen LogP contribution in [0.4, 0.5) is 0 Å². The summed E-state index contributed by atoms with van der Waals surface area (Å²) in [6.07, 6.45) is 0. The van der Waals surface area contributed by atoms with Gasteiger partial charge in [0, 0.05) is 5.56 Å². The second kappa shape index (κ2) is 4.23. The standard InChI is InChI=1S/C13H19NO/c1-4-14-12-8-15-13-10(9(2)3)6-5-7-11(12)13/h5-7,9,12,14H,4,8H2,1-3H3. The molecule has 2 nitrogen and oxygen atoms in total. The Labute approximate surface area is 91.6 Å². The second-order valence-corrected chi connectivity index (χ2v) is 4.34. The van der Waals surface area contributed by atoms with E-state index in [1.54, 1.807) is 0 Å². The Balaban J connectivity index is 2.34. The first-order valence-electron chi connectivity index (χ1n) is 5.73. The van der Waals surface area contributed by atoms with Gasteiger partial charge < -0.3 is 10.1 Å². The Hall–Kier alpha value is -1.02. The average Bonchev–Trinajstić information content (AvgIpc) is 2.62. The number of hydrogen-bond acceptors (Lipinski definition) is 2. The van der Waals surface area contributed by atoms with Gasteiger partial charge in [0.25, 0.3) is 0 Å². The van der Waals surface area contributed by atoms with E-state index >= 15 is 0 Å². The molecule has 0 saturated heterocycles. The first-order chi connectivity index (χ1) is 7.24. The van der Waals surface area contributed by atoms with E-state index in [2.05, 4.69) is 44.3 Å². The Morgan fingerprint density at radius 1 is 1.47 bits per heavy atom. The number of rotatable bonds is 3. The summed E-state index contributed by atoms with van der Waals surface area (Å²) in [5.41, 5.74) is 2.65. The molecule has 1 aromatic carbocycles. The summed E-state index contributed by atoms with van der Waals surface area (Å²) in [7, 11) is 0. The van der Waals surface area contributed by atoms with Crippen LogP contribution in [0.15, 0.2) is 18.2 Å². The summed E-state index contributed by atoms with van der Waals surface area (Å²) >= 11 is 0. The molecule has 82 valence electrons. The van der Waals surface area contributed by atoms with Crippen LogP contribution in [-0.4, -0.2) is 13.2 Å². The lowest BCUT2D eigenvalue weighted by Gasteiger charge is -2.11. The molecule has 0 saturated carbocycles. The molecule has 1 N–H and O–H groups in total. The van der Waals surface area contributed by atoms with Crippen LogP contribution in [0.1, 0.15) is 43.9 Å². The second-order valence-electron chi connectivity index (χ2n) is 4.34. The van der Waals surface area contributed by atoms with Gasteiger partial charge in [-0.05, 0) is 18.0 Å². The predicted octanol–water partition coefficient (Wildman–Crippen LogP) is 2.85. The zero-order valence-corrected chi connectivity index (χ0v) is 9.71. The lowest BCUT2D eigenvalue weighted by Crippen LogP contribution is -2.21. The smallest absolute Gasteiger partial charge is 0.127 e. The topological polar surface area (TPSA) is 21.3 Å². The number of ether oxygens (including phenoxy) is 1. The van der Waals surface area contributed by atoms with Gasteiger partial charge in [0.15, 0.2) is 0 Å². The average molecular weight is 205 g/mol. The molecular weight excluding hydrogens is 186 g/mol. The molecule has 0 amide bonds. The van der Waals surface area contributed by atoms with Gasteiger partial charge in [-0.25, -0.2) is 0 Å². The van der Waals surface area contributed by atoms with Crippen molar-refractivity contribution in [1.82, 2.24) is 5.32 Å². The Kier molecular flexibility index (Phi) is 2.96. The van der Waals surface area contributed by atoms with Crippen LogP contribution >= 0.6 is 0 Å². The molecule has 15 heavy (non-hydrogen) atoms. The number of benzene rings is 1. The van der Waals surface area contributed by atoms with Gasteiger partial charge in [-0.15, -0.1) is 0 Å². The van der Waals surface area contributed by atoms with Gasteiger partial charge in [-0.3, -0.25) is 0 Å². The van der Waals surface area contributed by atoms with E-state index in [4.69, 9.17) is 4.74 Å². The first kappa shape index (κ1) is 10.5. The van der Waals surface area contributed by atoms with Crippen molar-refractivity contribution in [2.24, 2.45) is 0 Å². The molecule has 0 bridgehead atoms. The molecule has 1 aliphatic rings. The van der Waals surface area contributed by atoms with Crippen molar-refractivity contribution in [3.05, 3.63) is 29.3 Å². The van der Waals surface area contributed by atoms with Crippen LogP contribution in [0.25, 0.3) is 0 Å². The third-order valence-corrected chi connectivity index (χ3v) is 2.92. The molecule has 1 aliphatic heterocycles. The Bertz CT molecular complexity index is 346. The largest absolute Gasteiger partial charge is 0.491 e. The van der Waals surface area contributed by atoms with E-state index in [1.165, 1.54) is 11.1 Å². The minimum Gasteiger partial charge on any atom is -0.491 e. The van der Waals surface area contributed by atoms with Gasteiger partial charge in [0.05, 0.1) is 6.04 Å². The quantitative estimate of drug-likeness (QED) is 0.819.